The van der Waals surface area contributed by atoms with Gasteiger partial charge in [0.2, 0.25) is 0 Å². The molecule has 2 aromatic carbocycles. The first-order chi connectivity index (χ1) is 17.1. The van der Waals surface area contributed by atoms with Crippen LogP contribution in [0.3, 0.4) is 0 Å². The third kappa shape index (κ3) is 4.47. The van der Waals surface area contributed by atoms with Crippen LogP contribution in [-0.4, -0.2) is 32.8 Å². The first-order valence-electron chi connectivity index (χ1n) is 12.1. The minimum absolute atomic E-state index is 0.0598. The number of benzene rings is 2. The summed E-state index contributed by atoms with van der Waals surface area (Å²) in [4.78, 5) is 13.4. The number of nitrogens with one attached hydrogen (secondary N) is 1. The lowest BCUT2D eigenvalue weighted by Crippen LogP contribution is -2.45. The number of para-hydroxylation sites is 1. The van der Waals surface area contributed by atoms with Crippen LogP contribution in [0.15, 0.2) is 30.3 Å². The van der Waals surface area contributed by atoms with E-state index in [2.05, 4.69) is 30.0 Å². The molecule has 0 atom stereocenters. The van der Waals surface area contributed by atoms with E-state index >= 15 is 8.78 Å². The molecule has 1 aliphatic heterocycles. The van der Waals surface area contributed by atoms with Gasteiger partial charge in [-0.1, -0.05) is 38.0 Å². The standard InChI is InChI=1S/C28H31F2N5O/c1-6-17-10-9-11-18(7-2)25(17)35-26(19-14-22(30)24(15-21(19)29)32-27(31)36)20-16-34(28(4,5)8-3)13-12-23(20)33-35/h3,9-11,14-15H,6-7,12-13,16H2,1-2,4-5H3,(H3,31,32,36). The highest BCUT2D eigenvalue weighted by atomic mass is 19.1. The Kier molecular flexibility index (Phi) is 6.87. The molecule has 4 rings (SSSR count). The molecule has 0 unspecified atom stereocenters. The number of hydrogen-bond donors (Lipinski definition) is 2. The number of nitrogens with zero attached hydrogens (tertiary/aromatic N) is 3. The number of aromatic nitrogens is 2. The minimum Gasteiger partial charge on any atom is -0.351 e. The van der Waals surface area contributed by atoms with Crippen LogP contribution in [-0.2, 0) is 25.8 Å². The molecule has 0 spiro atoms. The van der Waals surface area contributed by atoms with Crippen molar-refractivity contribution in [3.8, 4) is 29.3 Å². The highest BCUT2D eigenvalue weighted by molar-refractivity contribution is 5.88. The first kappa shape index (κ1) is 25.4. The van der Waals surface area contributed by atoms with Crippen LogP contribution in [0.5, 0.6) is 0 Å². The molecule has 3 N–H and O–H groups in total. The van der Waals surface area contributed by atoms with Crippen molar-refractivity contribution >= 4 is 11.7 Å². The van der Waals surface area contributed by atoms with Gasteiger partial charge in [-0.3, -0.25) is 4.90 Å². The zero-order chi connectivity index (χ0) is 26.2. The second kappa shape index (κ2) is 9.75. The molecule has 0 fully saturated rings. The number of carbonyl (C=O) groups is 1. The number of anilines is 1. The molecule has 6 nitrogen and oxygen atoms in total. The molecule has 3 aromatic rings. The van der Waals surface area contributed by atoms with Gasteiger partial charge in [-0.05, 0) is 43.9 Å². The smallest absolute Gasteiger partial charge is 0.316 e. The van der Waals surface area contributed by atoms with E-state index < -0.39 is 23.2 Å². The highest BCUT2D eigenvalue weighted by Crippen LogP contribution is 2.38. The number of urea groups is 1. The number of nitrogens with two attached hydrogens (primary N) is 1. The second-order valence-corrected chi connectivity index (χ2v) is 9.49. The predicted molar refractivity (Wildman–Crippen MR) is 138 cm³/mol. The van der Waals surface area contributed by atoms with E-state index in [0.29, 0.717) is 25.2 Å². The molecule has 1 aliphatic rings. The van der Waals surface area contributed by atoms with Crippen LogP contribution in [0, 0.1) is 24.0 Å². The maximum atomic E-state index is 15.6. The number of amides is 2. The maximum absolute atomic E-state index is 15.6. The Hall–Kier alpha value is -3.70. The summed E-state index contributed by atoms with van der Waals surface area (Å²) in [5.41, 5.74) is 9.48. The van der Waals surface area contributed by atoms with Crippen LogP contribution in [0.4, 0.5) is 19.3 Å². The molecule has 0 radical (unpaired) electrons. The molecule has 36 heavy (non-hydrogen) atoms. The number of primary amides is 1. The number of terminal acetylenes is 1. The monoisotopic (exact) mass is 491 g/mol. The number of halogens is 2. The van der Waals surface area contributed by atoms with Crippen molar-refractivity contribution in [1.29, 1.82) is 0 Å². The number of aryl methyl sites for hydroxylation is 2. The van der Waals surface area contributed by atoms with Gasteiger partial charge in [0, 0.05) is 36.7 Å². The molecule has 2 amide bonds. The fraction of sp³-hybridized carbons (Fsp3) is 0.357. The van der Waals surface area contributed by atoms with Crippen molar-refractivity contribution in [2.75, 3.05) is 11.9 Å². The third-order valence-electron chi connectivity index (χ3n) is 6.92. The van der Waals surface area contributed by atoms with E-state index in [1.807, 2.05) is 32.0 Å². The van der Waals surface area contributed by atoms with Crippen LogP contribution in [0.2, 0.25) is 0 Å². The van der Waals surface area contributed by atoms with Gasteiger partial charge in [-0.2, -0.15) is 5.10 Å². The number of hydrogen-bond acceptors (Lipinski definition) is 3. The van der Waals surface area contributed by atoms with Crippen LogP contribution in [0.1, 0.15) is 50.1 Å². The summed E-state index contributed by atoms with van der Waals surface area (Å²) in [6.07, 6.45) is 7.94. The van der Waals surface area contributed by atoms with Crippen molar-refractivity contribution in [1.82, 2.24) is 14.7 Å². The lowest BCUT2D eigenvalue weighted by molar-refractivity contribution is 0.152. The van der Waals surface area contributed by atoms with Crippen LogP contribution < -0.4 is 11.1 Å². The van der Waals surface area contributed by atoms with Crippen molar-refractivity contribution in [3.05, 3.63) is 64.4 Å². The van der Waals surface area contributed by atoms with Gasteiger partial charge in [-0.15, -0.1) is 6.42 Å². The fourth-order valence-electron chi connectivity index (χ4n) is 4.82. The van der Waals surface area contributed by atoms with E-state index in [1.165, 1.54) is 0 Å². The number of rotatable bonds is 6. The second-order valence-electron chi connectivity index (χ2n) is 9.49. The van der Waals surface area contributed by atoms with Crippen molar-refractivity contribution in [2.24, 2.45) is 5.73 Å². The van der Waals surface area contributed by atoms with Gasteiger partial charge in [0.1, 0.15) is 11.6 Å². The lowest BCUT2D eigenvalue weighted by Gasteiger charge is -2.37. The highest BCUT2D eigenvalue weighted by Gasteiger charge is 2.34. The summed E-state index contributed by atoms with van der Waals surface area (Å²) in [5.74, 6) is 1.36. The molecular weight excluding hydrogens is 460 g/mol. The summed E-state index contributed by atoms with van der Waals surface area (Å²) in [7, 11) is 0. The van der Waals surface area contributed by atoms with Gasteiger partial charge in [-0.25, -0.2) is 18.3 Å². The summed E-state index contributed by atoms with van der Waals surface area (Å²) in [6, 6.07) is 7.15. The average Bonchev–Trinajstić information content (AvgIpc) is 3.23. The van der Waals surface area contributed by atoms with E-state index in [1.54, 1.807) is 4.68 Å². The Morgan fingerprint density at radius 3 is 2.44 bits per heavy atom. The summed E-state index contributed by atoms with van der Waals surface area (Å²) in [6.45, 7) is 9.20. The van der Waals surface area contributed by atoms with Gasteiger partial charge in [0.25, 0.3) is 0 Å². The molecule has 1 aromatic heterocycles. The quantitative estimate of drug-likeness (QED) is 0.465. The Bertz CT molecular complexity index is 1350. The zero-order valence-corrected chi connectivity index (χ0v) is 21.1. The summed E-state index contributed by atoms with van der Waals surface area (Å²) in [5, 5.41) is 7.10. The molecule has 0 aliphatic carbocycles. The average molecular weight is 492 g/mol. The Morgan fingerprint density at radius 1 is 1.19 bits per heavy atom. The minimum atomic E-state index is -0.972. The lowest BCUT2D eigenvalue weighted by atomic mass is 9.95. The zero-order valence-electron chi connectivity index (χ0n) is 21.1. The molecule has 0 bridgehead atoms. The number of carbonyl (C=O) groups excluding carboxylic acids is 1. The third-order valence-corrected chi connectivity index (χ3v) is 6.92. The number of fused-ring (bicyclic) bond motifs is 1. The molecule has 0 saturated heterocycles. The normalized spacial score (nSPS) is 13.8. The summed E-state index contributed by atoms with van der Waals surface area (Å²) < 4.78 is 32.5. The Balaban J connectivity index is 2.01. The Morgan fingerprint density at radius 2 is 1.86 bits per heavy atom. The predicted octanol–water partition coefficient (Wildman–Crippen LogP) is 5.20. The summed E-state index contributed by atoms with van der Waals surface area (Å²) >= 11 is 0. The molecule has 188 valence electrons. The van der Waals surface area contributed by atoms with Crippen LogP contribution in [0.25, 0.3) is 16.9 Å². The van der Waals surface area contributed by atoms with Gasteiger partial charge in [0.15, 0.2) is 0 Å². The van der Waals surface area contributed by atoms with Gasteiger partial charge < -0.3 is 11.1 Å². The van der Waals surface area contributed by atoms with Crippen molar-refractivity contribution < 1.29 is 13.6 Å². The van der Waals surface area contributed by atoms with Gasteiger partial charge >= 0.3 is 6.03 Å². The maximum Gasteiger partial charge on any atom is 0.316 e. The van der Waals surface area contributed by atoms with E-state index in [0.717, 1.165) is 53.0 Å². The first-order valence-corrected chi connectivity index (χ1v) is 12.1. The van der Waals surface area contributed by atoms with Crippen molar-refractivity contribution in [2.45, 2.75) is 59.0 Å². The van der Waals surface area contributed by atoms with E-state index in [4.69, 9.17) is 17.3 Å². The topological polar surface area (TPSA) is 76.2 Å². The SMILES string of the molecule is C#CC(C)(C)N1CCc2nn(-c3c(CC)cccc3CC)c(-c3cc(F)c(NC(N)=O)cc3F)c2C1. The molecular formula is C28H31F2N5O. The Labute approximate surface area is 210 Å². The van der Waals surface area contributed by atoms with Crippen molar-refractivity contribution in [3.63, 3.8) is 0 Å². The fourth-order valence-corrected chi connectivity index (χ4v) is 4.82. The van der Waals surface area contributed by atoms with Gasteiger partial charge in [0.05, 0.1) is 28.3 Å². The molecule has 0 saturated carbocycles. The molecule has 2 heterocycles. The molecule has 8 heteroatoms. The largest absolute Gasteiger partial charge is 0.351 e. The van der Waals surface area contributed by atoms with Crippen LogP contribution >= 0.6 is 0 Å². The van der Waals surface area contributed by atoms with E-state index in [-0.39, 0.29) is 11.3 Å². The van der Waals surface area contributed by atoms with E-state index in [9.17, 15) is 4.79 Å².